The van der Waals surface area contributed by atoms with Gasteiger partial charge in [0.1, 0.15) is 0 Å². The van der Waals surface area contributed by atoms with Gasteiger partial charge in [0.05, 0.1) is 24.4 Å². The van der Waals surface area contributed by atoms with Crippen LogP contribution in [-0.2, 0) is 6.54 Å². The highest BCUT2D eigenvalue weighted by atomic mass is 32.1. The minimum Gasteiger partial charge on any atom is -0.493 e. The van der Waals surface area contributed by atoms with Gasteiger partial charge in [0.25, 0.3) is 0 Å². The molecule has 0 atom stereocenters. The fourth-order valence-electron chi connectivity index (χ4n) is 2.19. The van der Waals surface area contributed by atoms with E-state index in [0.29, 0.717) is 6.54 Å². The van der Waals surface area contributed by atoms with Gasteiger partial charge in [-0.15, -0.1) is 0 Å². The first kappa shape index (κ1) is 14.5. The molecule has 0 amide bonds. The number of hydrogen-bond acceptors (Lipinski definition) is 6. The summed E-state index contributed by atoms with van der Waals surface area (Å²) < 4.78 is 11.6. The molecule has 0 aliphatic rings. The number of rotatable bonds is 5. The number of methoxy groups -OCH3 is 2. The van der Waals surface area contributed by atoms with Crippen molar-refractivity contribution in [1.29, 1.82) is 0 Å². The molecule has 114 valence electrons. The van der Waals surface area contributed by atoms with Crippen LogP contribution in [0.1, 0.15) is 5.56 Å². The molecule has 3 rings (SSSR count). The van der Waals surface area contributed by atoms with Crippen molar-refractivity contribution in [2.75, 3.05) is 25.3 Å². The minimum absolute atomic E-state index is 0.662. The Kier molecular flexibility index (Phi) is 4.02. The smallest absolute Gasteiger partial charge is 0.184 e. The van der Waals surface area contributed by atoms with Gasteiger partial charge in [0, 0.05) is 12.2 Å². The van der Waals surface area contributed by atoms with Crippen molar-refractivity contribution in [3.8, 4) is 11.5 Å². The van der Waals surface area contributed by atoms with Gasteiger partial charge < -0.3 is 20.5 Å². The molecule has 3 aromatic rings. The highest BCUT2D eigenvalue weighted by molar-refractivity contribution is 7.22. The summed E-state index contributed by atoms with van der Waals surface area (Å²) in [5, 5.41) is 4.20. The van der Waals surface area contributed by atoms with Crippen LogP contribution in [0.25, 0.3) is 10.2 Å². The third kappa shape index (κ3) is 2.92. The number of nitrogens with zero attached hydrogens (tertiary/aromatic N) is 1. The summed E-state index contributed by atoms with van der Waals surface area (Å²) in [6, 6.07) is 11.6. The van der Waals surface area contributed by atoms with E-state index in [-0.39, 0.29) is 0 Å². The molecule has 0 fully saturated rings. The van der Waals surface area contributed by atoms with Crippen LogP contribution in [-0.4, -0.2) is 19.2 Å². The number of thiazole rings is 1. The monoisotopic (exact) mass is 315 g/mol. The molecular weight excluding hydrogens is 298 g/mol. The summed E-state index contributed by atoms with van der Waals surface area (Å²) in [7, 11) is 3.26. The van der Waals surface area contributed by atoms with Crippen LogP contribution < -0.4 is 20.5 Å². The largest absolute Gasteiger partial charge is 0.493 e. The van der Waals surface area contributed by atoms with Crippen LogP contribution in [0.2, 0.25) is 0 Å². The van der Waals surface area contributed by atoms with Crippen molar-refractivity contribution < 1.29 is 9.47 Å². The molecule has 1 aromatic heterocycles. The van der Waals surface area contributed by atoms with Gasteiger partial charge in [-0.1, -0.05) is 17.4 Å². The summed E-state index contributed by atoms with van der Waals surface area (Å²) in [4.78, 5) is 4.54. The van der Waals surface area contributed by atoms with Crippen LogP contribution in [0.3, 0.4) is 0 Å². The molecule has 0 bridgehead atoms. The minimum atomic E-state index is 0.662. The normalized spacial score (nSPS) is 10.6. The van der Waals surface area contributed by atoms with Crippen LogP contribution in [0, 0.1) is 0 Å². The molecule has 2 aromatic carbocycles. The number of ether oxygens (including phenoxy) is 2. The van der Waals surface area contributed by atoms with Gasteiger partial charge in [-0.2, -0.15) is 0 Å². The van der Waals surface area contributed by atoms with Gasteiger partial charge in [-0.25, -0.2) is 4.98 Å². The number of nitrogen functional groups attached to an aromatic ring is 1. The Morgan fingerprint density at radius 2 is 1.91 bits per heavy atom. The molecule has 0 radical (unpaired) electrons. The fourth-order valence-corrected chi connectivity index (χ4v) is 3.09. The Morgan fingerprint density at radius 1 is 1.09 bits per heavy atom. The van der Waals surface area contributed by atoms with Gasteiger partial charge >= 0.3 is 0 Å². The predicted octanol–water partition coefficient (Wildman–Crippen LogP) is 3.51. The standard InChI is InChI=1S/C16H17N3O2S/c1-20-13-6-3-10(7-14(13)21-2)9-18-16-19-12-5-4-11(17)8-15(12)22-16/h3-8H,9,17H2,1-2H3,(H,18,19). The van der Waals surface area contributed by atoms with Crippen molar-refractivity contribution >= 4 is 32.4 Å². The van der Waals surface area contributed by atoms with Gasteiger partial charge in [-0.3, -0.25) is 0 Å². The zero-order valence-electron chi connectivity index (χ0n) is 12.4. The van der Waals surface area contributed by atoms with Gasteiger partial charge in [-0.05, 0) is 35.9 Å². The average molecular weight is 315 g/mol. The van der Waals surface area contributed by atoms with Crippen molar-refractivity contribution in [1.82, 2.24) is 4.98 Å². The maximum atomic E-state index is 5.79. The van der Waals surface area contributed by atoms with E-state index in [1.165, 1.54) is 0 Å². The first-order valence-electron chi connectivity index (χ1n) is 6.80. The van der Waals surface area contributed by atoms with Crippen molar-refractivity contribution in [3.63, 3.8) is 0 Å². The second-order valence-corrected chi connectivity index (χ2v) is 5.82. The van der Waals surface area contributed by atoms with E-state index in [2.05, 4.69) is 10.3 Å². The number of aromatic nitrogens is 1. The molecule has 6 heteroatoms. The lowest BCUT2D eigenvalue weighted by atomic mass is 10.2. The lowest BCUT2D eigenvalue weighted by Crippen LogP contribution is -2.00. The van der Waals surface area contributed by atoms with E-state index in [0.717, 1.165) is 38.1 Å². The van der Waals surface area contributed by atoms with Crippen LogP contribution in [0.5, 0.6) is 11.5 Å². The molecule has 22 heavy (non-hydrogen) atoms. The van der Waals surface area contributed by atoms with Crippen molar-refractivity contribution in [2.45, 2.75) is 6.54 Å². The number of benzene rings is 2. The topological polar surface area (TPSA) is 69.4 Å². The Morgan fingerprint density at radius 3 is 2.68 bits per heavy atom. The zero-order valence-corrected chi connectivity index (χ0v) is 13.2. The van der Waals surface area contributed by atoms with E-state index in [9.17, 15) is 0 Å². The van der Waals surface area contributed by atoms with E-state index >= 15 is 0 Å². The number of anilines is 2. The van der Waals surface area contributed by atoms with Crippen LogP contribution in [0.4, 0.5) is 10.8 Å². The molecule has 0 saturated heterocycles. The fraction of sp³-hybridized carbons (Fsp3) is 0.188. The van der Waals surface area contributed by atoms with Crippen molar-refractivity contribution in [3.05, 3.63) is 42.0 Å². The highest BCUT2D eigenvalue weighted by Crippen LogP contribution is 2.30. The molecule has 3 N–H and O–H groups in total. The summed E-state index contributed by atoms with van der Waals surface area (Å²) >= 11 is 1.59. The first-order chi connectivity index (χ1) is 10.7. The number of nitrogens with one attached hydrogen (secondary N) is 1. The maximum absolute atomic E-state index is 5.79. The molecule has 1 heterocycles. The molecule has 0 aliphatic heterocycles. The second-order valence-electron chi connectivity index (χ2n) is 4.79. The Labute approximate surface area is 132 Å². The first-order valence-corrected chi connectivity index (χ1v) is 7.62. The number of hydrogen-bond donors (Lipinski definition) is 2. The lowest BCUT2D eigenvalue weighted by Gasteiger charge is -2.09. The van der Waals surface area contributed by atoms with Crippen LogP contribution >= 0.6 is 11.3 Å². The van der Waals surface area contributed by atoms with Crippen molar-refractivity contribution in [2.24, 2.45) is 0 Å². The quantitative estimate of drug-likeness (QED) is 0.705. The third-order valence-electron chi connectivity index (χ3n) is 3.30. The van der Waals surface area contributed by atoms with E-state index < -0.39 is 0 Å². The SMILES string of the molecule is COc1ccc(CNc2nc3ccc(N)cc3s2)cc1OC. The summed E-state index contributed by atoms with van der Waals surface area (Å²) in [5.41, 5.74) is 8.59. The third-order valence-corrected chi connectivity index (χ3v) is 4.28. The average Bonchev–Trinajstić information content (AvgIpc) is 2.94. The lowest BCUT2D eigenvalue weighted by molar-refractivity contribution is 0.354. The number of fused-ring (bicyclic) bond motifs is 1. The van der Waals surface area contributed by atoms with E-state index in [4.69, 9.17) is 15.2 Å². The summed E-state index contributed by atoms with van der Waals surface area (Å²) in [5.74, 6) is 1.44. The second kappa shape index (κ2) is 6.11. The molecule has 0 spiro atoms. The molecule has 0 unspecified atom stereocenters. The van der Waals surface area contributed by atoms with E-state index in [1.54, 1.807) is 25.6 Å². The molecule has 5 nitrogen and oxygen atoms in total. The Bertz CT molecular complexity index is 801. The van der Waals surface area contributed by atoms with E-state index in [1.807, 2.05) is 36.4 Å². The summed E-state index contributed by atoms with van der Waals surface area (Å²) in [6.45, 7) is 0.662. The Balaban J connectivity index is 1.76. The van der Waals surface area contributed by atoms with Gasteiger partial charge in [0.15, 0.2) is 16.6 Å². The Hall–Kier alpha value is -2.47. The predicted molar refractivity (Wildman–Crippen MR) is 90.9 cm³/mol. The summed E-state index contributed by atoms with van der Waals surface area (Å²) in [6.07, 6.45) is 0. The van der Waals surface area contributed by atoms with Gasteiger partial charge in [0.2, 0.25) is 0 Å². The maximum Gasteiger partial charge on any atom is 0.184 e. The number of nitrogens with two attached hydrogens (primary N) is 1. The van der Waals surface area contributed by atoms with Crippen LogP contribution in [0.15, 0.2) is 36.4 Å². The molecule has 0 saturated carbocycles. The zero-order chi connectivity index (χ0) is 15.5. The highest BCUT2D eigenvalue weighted by Gasteiger charge is 2.06. The molecular formula is C16H17N3O2S. The molecule has 0 aliphatic carbocycles.